The van der Waals surface area contributed by atoms with Crippen molar-refractivity contribution in [1.82, 2.24) is 15.0 Å². The smallest absolute Gasteiger partial charge is 0.468 e. The lowest BCUT2D eigenvalue weighted by Gasteiger charge is -2.28. The van der Waals surface area contributed by atoms with Gasteiger partial charge >= 0.3 is 17.6 Å². The van der Waals surface area contributed by atoms with E-state index < -0.39 is 23.6 Å². The molecule has 3 aromatic rings. The van der Waals surface area contributed by atoms with Crippen LogP contribution in [0.1, 0.15) is 16.8 Å². The highest BCUT2D eigenvalue weighted by molar-refractivity contribution is 7.90. The Bertz CT molecular complexity index is 1090. The van der Waals surface area contributed by atoms with Crippen molar-refractivity contribution in [2.75, 3.05) is 7.11 Å². The molecule has 4 rings (SSSR count). The van der Waals surface area contributed by atoms with Crippen LogP contribution in [0, 0.1) is 13.8 Å². The van der Waals surface area contributed by atoms with Gasteiger partial charge in [0.2, 0.25) is 0 Å². The monoisotopic (exact) mass is 427 g/mol. The molecule has 0 spiro atoms. The Hall–Kier alpha value is -2.66. The lowest BCUT2D eigenvalue weighted by molar-refractivity contribution is -0.281. The number of benzene rings is 1. The van der Waals surface area contributed by atoms with Crippen molar-refractivity contribution in [2.24, 2.45) is 0 Å². The summed E-state index contributed by atoms with van der Waals surface area (Å²) in [6, 6.07) is 2.46. The lowest BCUT2D eigenvalue weighted by Crippen LogP contribution is -2.43. The quantitative estimate of drug-likeness (QED) is 0.641. The zero-order chi connectivity index (χ0) is 20.9. The van der Waals surface area contributed by atoms with Crippen molar-refractivity contribution in [3.63, 3.8) is 0 Å². The number of ether oxygens (including phenoxy) is 3. The number of alkyl halides is 3. The van der Waals surface area contributed by atoms with Crippen molar-refractivity contribution >= 4 is 22.2 Å². The lowest BCUT2D eigenvalue weighted by atomic mass is 10.1. The largest absolute Gasteiger partial charge is 0.609 e. The molecule has 0 amide bonds. The topological polar surface area (TPSA) is 92.3 Å². The van der Waals surface area contributed by atoms with Crippen LogP contribution in [0.5, 0.6) is 17.2 Å². The molecule has 0 radical (unpaired) electrons. The molecule has 1 N–H and O–H groups in total. The van der Waals surface area contributed by atoms with Crippen LogP contribution in [0.3, 0.4) is 0 Å². The molecule has 0 fully saturated rings. The summed E-state index contributed by atoms with van der Waals surface area (Å²) in [5, 5.41) is 0.117. The number of halogens is 3. The number of nitrogens with zero attached hydrogens (tertiary/aromatic N) is 2. The molecule has 29 heavy (non-hydrogen) atoms. The highest BCUT2D eigenvalue weighted by Gasteiger charge is 2.49. The predicted octanol–water partition coefficient (Wildman–Crippen LogP) is 3.55. The van der Waals surface area contributed by atoms with E-state index in [0.717, 1.165) is 11.1 Å². The van der Waals surface area contributed by atoms with Crippen molar-refractivity contribution in [3.05, 3.63) is 35.2 Å². The van der Waals surface area contributed by atoms with Gasteiger partial charge in [-0.3, -0.25) is 9.97 Å². The van der Waals surface area contributed by atoms with Gasteiger partial charge in [0.25, 0.3) is 0 Å². The van der Waals surface area contributed by atoms with Crippen LogP contribution in [-0.2, 0) is 16.9 Å². The highest BCUT2D eigenvalue weighted by Crippen LogP contribution is 2.42. The number of hydrogen-bond acceptors (Lipinski definition) is 6. The minimum Gasteiger partial charge on any atom is -0.609 e. The summed E-state index contributed by atoms with van der Waals surface area (Å²) >= 11 is -1.61. The maximum absolute atomic E-state index is 13.4. The van der Waals surface area contributed by atoms with Crippen LogP contribution in [0.15, 0.2) is 23.5 Å². The van der Waals surface area contributed by atoms with Crippen molar-refractivity contribution in [1.29, 1.82) is 0 Å². The molecule has 0 bridgehead atoms. The van der Waals surface area contributed by atoms with E-state index in [2.05, 4.69) is 24.4 Å². The summed E-state index contributed by atoms with van der Waals surface area (Å²) in [6.07, 6.45) is -5.39. The zero-order valence-corrected chi connectivity index (χ0v) is 16.4. The molecule has 2 aromatic heterocycles. The van der Waals surface area contributed by atoms with Crippen molar-refractivity contribution < 1.29 is 31.9 Å². The first kappa shape index (κ1) is 19.6. The molecular formula is C18H16F3N3O4S. The third-order valence-electron chi connectivity index (χ3n) is 4.50. The fourth-order valence-electron chi connectivity index (χ4n) is 3.06. The second-order valence-corrected chi connectivity index (χ2v) is 7.86. The van der Waals surface area contributed by atoms with Gasteiger partial charge in [0.15, 0.2) is 17.3 Å². The second kappa shape index (κ2) is 6.99. The Labute approximate surface area is 166 Å². The van der Waals surface area contributed by atoms with E-state index >= 15 is 0 Å². The first-order chi connectivity index (χ1) is 13.7. The van der Waals surface area contributed by atoms with Gasteiger partial charge in [-0.15, -0.1) is 0 Å². The molecule has 1 aromatic carbocycles. The van der Waals surface area contributed by atoms with Gasteiger partial charge in [0, 0.05) is 40.6 Å². The minimum atomic E-state index is -4.10. The molecule has 0 aliphatic carbocycles. The number of H-pyrrole nitrogens is 1. The first-order valence-corrected chi connectivity index (χ1v) is 9.80. The second-order valence-electron chi connectivity index (χ2n) is 6.49. The molecule has 1 aliphatic heterocycles. The molecule has 7 nitrogen and oxygen atoms in total. The Morgan fingerprint density at radius 1 is 1.31 bits per heavy atom. The molecule has 2 unspecified atom stereocenters. The number of methoxy groups -OCH3 is 1. The number of nitrogens with one attached hydrogen (secondary N) is 1. The van der Waals surface area contributed by atoms with Crippen LogP contribution in [0.4, 0.5) is 13.2 Å². The van der Waals surface area contributed by atoms with Gasteiger partial charge in [-0.25, -0.2) is 0 Å². The van der Waals surface area contributed by atoms with Gasteiger partial charge in [0.1, 0.15) is 5.75 Å². The molecular weight excluding hydrogens is 411 g/mol. The van der Waals surface area contributed by atoms with Crippen LogP contribution >= 0.6 is 0 Å². The Balaban J connectivity index is 1.64. The Kier molecular flexibility index (Phi) is 4.74. The number of aromatic nitrogens is 3. The standard InChI is InChI=1S/C18H16F3N3O4S/c1-8-6-22-12(9(2)15(8)26-3)7-29(25)17-23-10-4-13-14(5-11(10)24-17)28-18(20,21)16(19)27-13/h4-6,16H,7H2,1-3H3,(H,23,24). The number of imidazole rings is 1. The molecule has 1 aliphatic rings. The van der Waals surface area contributed by atoms with Crippen molar-refractivity contribution in [3.8, 4) is 17.2 Å². The summed E-state index contributed by atoms with van der Waals surface area (Å²) in [5.74, 6) is 0.193. The summed E-state index contributed by atoms with van der Waals surface area (Å²) in [4.78, 5) is 11.3. The average molecular weight is 427 g/mol. The first-order valence-electron chi connectivity index (χ1n) is 8.48. The van der Waals surface area contributed by atoms with Crippen LogP contribution in [0.25, 0.3) is 11.0 Å². The fraction of sp³-hybridized carbons (Fsp3) is 0.333. The van der Waals surface area contributed by atoms with E-state index in [0.29, 0.717) is 17.0 Å². The van der Waals surface area contributed by atoms with E-state index in [-0.39, 0.29) is 27.9 Å². The van der Waals surface area contributed by atoms with Gasteiger partial charge in [0.05, 0.1) is 23.8 Å². The van der Waals surface area contributed by atoms with Crippen LogP contribution in [0.2, 0.25) is 0 Å². The number of aromatic amines is 1. The molecule has 0 saturated heterocycles. The van der Waals surface area contributed by atoms with Crippen molar-refractivity contribution in [2.45, 2.75) is 37.2 Å². The van der Waals surface area contributed by atoms with E-state index in [4.69, 9.17) is 4.74 Å². The summed E-state index contributed by atoms with van der Waals surface area (Å²) < 4.78 is 67.2. The average Bonchev–Trinajstić information content (AvgIpc) is 3.06. The SMILES string of the molecule is COc1c(C)cnc(C[S+]([O-])c2nc3cc4c(cc3[nH]2)OC(F)C(F)(F)O4)c1C. The minimum absolute atomic E-state index is 0.0691. The van der Waals surface area contributed by atoms with E-state index in [1.54, 1.807) is 13.3 Å². The number of fused-ring (bicyclic) bond motifs is 2. The van der Waals surface area contributed by atoms with E-state index in [1.165, 1.54) is 12.1 Å². The van der Waals surface area contributed by atoms with Gasteiger partial charge in [-0.2, -0.15) is 18.2 Å². The van der Waals surface area contributed by atoms with E-state index in [1.807, 2.05) is 13.8 Å². The van der Waals surface area contributed by atoms with Gasteiger partial charge in [-0.1, -0.05) is 0 Å². The van der Waals surface area contributed by atoms with Crippen LogP contribution < -0.4 is 14.2 Å². The zero-order valence-electron chi connectivity index (χ0n) is 15.6. The number of aryl methyl sites for hydroxylation is 1. The number of hydrogen-bond donors (Lipinski definition) is 1. The van der Waals surface area contributed by atoms with E-state index in [9.17, 15) is 17.7 Å². The van der Waals surface area contributed by atoms with Crippen LogP contribution in [-0.4, -0.2) is 39.1 Å². The molecule has 154 valence electrons. The number of pyridine rings is 1. The Morgan fingerprint density at radius 3 is 2.79 bits per heavy atom. The maximum Gasteiger partial charge on any atom is 0.468 e. The molecule has 2 atom stereocenters. The summed E-state index contributed by atoms with van der Waals surface area (Å²) in [5.41, 5.74) is 2.79. The van der Waals surface area contributed by atoms with Gasteiger partial charge < -0.3 is 18.8 Å². The Morgan fingerprint density at radius 2 is 2.07 bits per heavy atom. The number of rotatable bonds is 4. The summed E-state index contributed by atoms with van der Waals surface area (Å²) in [7, 11) is 1.55. The third kappa shape index (κ3) is 3.44. The maximum atomic E-state index is 13.4. The highest BCUT2D eigenvalue weighted by atomic mass is 32.2. The normalized spacial score (nSPS) is 18.7. The fourth-order valence-corrected chi connectivity index (χ4v) is 4.16. The molecule has 11 heteroatoms. The summed E-state index contributed by atoms with van der Waals surface area (Å²) in [6.45, 7) is 3.68. The third-order valence-corrected chi connectivity index (χ3v) is 5.66. The van der Waals surface area contributed by atoms with Gasteiger partial charge in [-0.05, 0) is 13.8 Å². The predicted molar refractivity (Wildman–Crippen MR) is 97.6 cm³/mol. The molecule has 3 heterocycles. The molecule has 0 saturated carbocycles.